The summed E-state index contributed by atoms with van der Waals surface area (Å²) in [5.41, 5.74) is 0.0131. The zero-order valence-electron chi connectivity index (χ0n) is 49.3. The minimum atomic E-state index is -3.09. The smallest absolute Gasteiger partial charge is 0.379 e. The van der Waals surface area contributed by atoms with Gasteiger partial charge in [-0.1, -0.05) is 205 Å². The first kappa shape index (κ1) is 74.0. The van der Waals surface area contributed by atoms with Gasteiger partial charge in [0.2, 0.25) is 22.1 Å². The Labute approximate surface area is 488 Å². The van der Waals surface area contributed by atoms with E-state index in [1.54, 1.807) is 36.4 Å². The topological polar surface area (TPSA) is 158 Å². The molecule has 0 aliphatic carbocycles. The summed E-state index contributed by atoms with van der Waals surface area (Å²) in [7, 11) is -10.9. The van der Waals surface area contributed by atoms with Crippen LogP contribution in [0.15, 0.2) is 103 Å². The molecule has 0 N–H and O–H groups in total. The van der Waals surface area contributed by atoms with E-state index in [0.717, 1.165) is 153 Å². The van der Waals surface area contributed by atoms with Crippen LogP contribution in [0.4, 0.5) is 5.69 Å². The monoisotopic (exact) mass is 1220 g/mol. The Kier molecular flexibility index (Phi) is 41.7. The van der Waals surface area contributed by atoms with Crippen molar-refractivity contribution in [3.05, 3.63) is 123 Å². The summed E-state index contributed by atoms with van der Waals surface area (Å²) < 4.78 is 79.9. The highest BCUT2D eigenvalue weighted by molar-refractivity contribution is 7.60. The summed E-state index contributed by atoms with van der Waals surface area (Å²) in [5, 5.41) is 11.6. The highest BCUT2D eigenvalue weighted by Crippen LogP contribution is 2.53. The molecule has 0 bridgehead atoms. The summed E-state index contributed by atoms with van der Waals surface area (Å²) in [5.74, 6) is 2.20. The fraction of sp³-hybridized carbons (Fsp3) is 0.607. The first-order valence-electron chi connectivity index (χ1n) is 29.5. The summed E-state index contributed by atoms with van der Waals surface area (Å²) in [6, 6.07) is 29.7. The molecule has 1 unspecified atom stereocenters. The van der Waals surface area contributed by atoms with Crippen molar-refractivity contribution in [2.24, 2.45) is 0 Å². The molecule has 0 aromatic heterocycles. The van der Waals surface area contributed by atoms with Gasteiger partial charge in [-0.3, -0.25) is 28.3 Å². The normalized spacial score (nSPS) is 12.1. The van der Waals surface area contributed by atoms with E-state index < -0.39 is 34.6 Å². The molecule has 0 spiro atoms. The second-order valence-electron chi connectivity index (χ2n) is 19.8. The predicted octanol–water partition coefficient (Wildman–Crippen LogP) is 22.9. The average molecular weight is 1220 g/mol. The third-order valence-electron chi connectivity index (χ3n) is 12.4. The van der Waals surface area contributed by atoms with Crippen LogP contribution in [0.25, 0.3) is 0 Å². The molecule has 0 saturated carbocycles. The molecule has 0 heterocycles. The first-order chi connectivity index (χ1) is 37.9. The van der Waals surface area contributed by atoms with Crippen LogP contribution >= 0.6 is 52.9 Å². The van der Waals surface area contributed by atoms with Crippen molar-refractivity contribution in [3.8, 4) is 23.0 Å². The number of rotatable bonds is 39. The molecule has 0 saturated heterocycles. The molecule has 448 valence electrons. The Bertz CT molecular complexity index is 2330. The Balaban J connectivity index is 0.000000528. The van der Waals surface area contributed by atoms with Crippen molar-refractivity contribution in [1.82, 2.24) is 0 Å². The zero-order valence-corrected chi connectivity index (χ0v) is 54.4. The lowest BCUT2D eigenvalue weighted by Crippen LogP contribution is -2.04. The number of benzene rings is 4. The van der Waals surface area contributed by atoms with Gasteiger partial charge in [0.05, 0.1) is 27.7 Å². The van der Waals surface area contributed by atoms with Gasteiger partial charge in [0.25, 0.3) is 5.69 Å². The van der Waals surface area contributed by atoms with Crippen molar-refractivity contribution >= 4 is 58.6 Å². The van der Waals surface area contributed by atoms with Gasteiger partial charge < -0.3 is 18.1 Å². The van der Waals surface area contributed by atoms with Crippen LogP contribution in [-0.4, -0.2) is 54.7 Å². The summed E-state index contributed by atoms with van der Waals surface area (Å²) in [4.78, 5) is 10.2. The number of nitrogens with zero attached hydrogens (tertiary/aromatic N) is 1. The Morgan fingerprint density at radius 1 is 0.380 bits per heavy atom. The number of hydrogen-bond acceptors (Lipinski definition) is 11. The molecule has 0 radical (unpaired) electrons. The van der Waals surface area contributed by atoms with Gasteiger partial charge in [-0.15, -0.1) is 0 Å². The summed E-state index contributed by atoms with van der Waals surface area (Å²) in [6.45, 7) is 17.3. The highest BCUT2D eigenvalue weighted by atomic mass is 35.5. The molecule has 79 heavy (non-hydrogen) atoms. The molecule has 4 rings (SSSR count). The van der Waals surface area contributed by atoms with Crippen LogP contribution in [0.3, 0.4) is 0 Å². The van der Waals surface area contributed by atoms with E-state index in [0.29, 0.717) is 64.7 Å². The van der Waals surface area contributed by atoms with Gasteiger partial charge in [0.1, 0.15) is 23.0 Å². The molecule has 4 aromatic carbocycles. The van der Waals surface area contributed by atoms with Crippen molar-refractivity contribution in [2.45, 2.75) is 190 Å². The maximum Gasteiger partial charge on any atom is 0.379 e. The van der Waals surface area contributed by atoms with Gasteiger partial charge in [-0.2, -0.15) is 0 Å². The fourth-order valence-electron chi connectivity index (χ4n) is 7.81. The molecular formula is C61H99Cl2NO11P4. The number of nitro benzene ring substituents is 1. The number of hydrogen-bond donors (Lipinski definition) is 0. The van der Waals surface area contributed by atoms with Crippen LogP contribution in [0.1, 0.15) is 190 Å². The van der Waals surface area contributed by atoms with Crippen molar-refractivity contribution in [1.29, 1.82) is 0 Å². The van der Waals surface area contributed by atoms with Gasteiger partial charge in [0, 0.05) is 49.1 Å². The minimum absolute atomic E-state index is 0.0131. The largest absolute Gasteiger partial charge is 0.443 e. The number of unbranched alkanes of at least 4 members (excludes halogenated alkanes) is 13. The van der Waals surface area contributed by atoms with Gasteiger partial charge in [0.15, 0.2) is 0 Å². The molecule has 0 aliphatic rings. The molecule has 0 fully saturated rings. The lowest BCUT2D eigenvalue weighted by atomic mass is 10.3. The second-order valence-corrected chi connectivity index (χ2v) is 30.9. The Hall–Kier alpha value is -3.06. The third-order valence-corrected chi connectivity index (χ3v) is 22.5. The lowest BCUT2D eigenvalue weighted by Gasteiger charge is -2.20. The van der Waals surface area contributed by atoms with Gasteiger partial charge in [-0.05, 0) is 99.9 Å². The standard InChI is InChI=1S/C16H26ClO2P.C16H26NO4P.C16H27O2P.C13H20ClO3P/c1-3-5-9-13-20(18,14-10-6-4-2)19-16-12-8-7-11-15(16)17;1-3-5-7-13-22(20,14-8-6-4-2)21-16-11-9-15(10-12-16)17(18)19;1-3-5-10-14-19(17,15-11-6-4-2)18-16-12-8-7-9-13-16;1-3-5-11-18(15,16-10-4-2)17-13-9-7-6-8-12(13)14/h7-8,11-12H,3-6,9-10,13-14H2,1-2H3;9-12H,3-8,13-14H2,1-2H3;7-9,12-13H,3-6,10-11,14-15H2,1-2H3;6-9H,3-5,10-11H2,1-2H3. The van der Waals surface area contributed by atoms with Crippen molar-refractivity contribution in [2.75, 3.05) is 49.7 Å². The van der Waals surface area contributed by atoms with Gasteiger partial charge >= 0.3 is 7.60 Å². The fourth-order valence-corrected chi connectivity index (χ4v) is 17.1. The van der Waals surface area contributed by atoms with Crippen molar-refractivity contribution < 1.29 is 45.8 Å². The van der Waals surface area contributed by atoms with E-state index in [-0.39, 0.29) is 5.69 Å². The minimum Gasteiger partial charge on any atom is -0.443 e. The molecule has 0 amide bonds. The number of non-ortho nitro benzene ring substituents is 1. The number of para-hydroxylation sites is 3. The maximum absolute atomic E-state index is 13.0. The Morgan fingerprint density at radius 3 is 1.05 bits per heavy atom. The van der Waals surface area contributed by atoms with Crippen LogP contribution in [0, 0.1) is 10.1 Å². The van der Waals surface area contributed by atoms with Crippen LogP contribution in [-0.2, 0) is 22.8 Å². The first-order valence-corrected chi connectivity index (χ1v) is 37.9. The SMILES string of the molecule is CCCCCP(=O)(CCCCC)Oc1ccc([N+](=O)[O-])cc1.CCCCCP(=O)(CCCCC)Oc1ccccc1.CCCCCP(=O)(CCCCC)Oc1ccccc1Cl.CCCCP(=O)(OCCC)Oc1ccccc1Cl. The second kappa shape index (κ2) is 44.5. The van der Waals surface area contributed by atoms with E-state index in [9.17, 15) is 28.4 Å². The van der Waals surface area contributed by atoms with E-state index in [1.807, 2.05) is 56.3 Å². The van der Waals surface area contributed by atoms with E-state index in [1.165, 1.54) is 24.3 Å². The molecule has 4 aromatic rings. The van der Waals surface area contributed by atoms with E-state index >= 15 is 0 Å². The van der Waals surface area contributed by atoms with Crippen molar-refractivity contribution in [3.63, 3.8) is 0 Å². The Morgan fingerprint density at radius 2 is 0.709 bits per heavy atom. The predicted molar refractivity (Wildman–Crippen MR) is 338 cm³/mol. The van der Waals surface area contributed by atoms with E-state index in [2.05, 4.69) is 41.5 Å². The molecule has 18 heteroatoms. The zero-order chi connectivity index (χ0) is 58.7. The molecule has 12 nitrogen and oxygen atoms in total. The third kappa shape index (κ3) is 34.9. The lowest BCUT2D eigenvalue weighted by molar-refractivity contribution is -0.384. The van der Waals surface area contributed by atoms with Crippen LogP contribution in [0.5, 0.6) is 23.0 Å². The molecule has 0 aliphatic heterocycles. The molecule has 1 atom stereocenters. The van der Waals surface area contributed by atoms with Gasteiger partial charge in [-0.25, -0.2) is 4.57 Å². The quantitative estimate of drug-likeness (QED) is 0.0181. The summed E-state index contributed by atoms with van der Waals surface area (Å²) in [6.07, 6.45) is 25.9. The van der Waals surface area contributed by atoms with E-state index in [4.69, 9.17) is 45.8 Å². The number of halogens is 2. The molecular weight excluding hydrogens is 1120 g/mol. The summed E-state index contributed by atoms with van der Waals surface area (Å²) >= 11 is 12.1. The van der Waals surface area contributed by atoms with Crippen LogP contribution in [0.2, 0.25) is 10.0 Å². The maximum atomic E-state index is 13.0. The average Bonchev–Trinajstić information content (AvgIpc) is 3.44. The number of nitro groups is 1. The highest BCUT2D eigenvalue weighted by Gasteiger charge is 2.28. The van der Waals surface area contributed by atoms with Crippen LogP contribution < -0.4 is 18.1 Å².